The maximum Gasteiger partial charge on any atom is 0.314 e. The topological polar surface area (TPSA) is 163 Å². The van der Waals surface area contributed by atoms with Crippen molar-refractivity contribution < 1.29 is 32.2 Å². The fourth-order valence-corrected chi connectivity index (χ4v) is 5.59. The molecule has 230 valence electrons. The largest absolute Gasteiger partial charge is 0.417 e. The minimum atomic E-state index is -2.89. The average molecular weight is 611 g/mol. The molecule has 2 bridgehead atoms. The number of anilines is 1. The zero-order valence-electron chi connectivity index (χ0n) is 23.9. The lowest BCUT2D eigenvalue weighted by Gasteiger charge is -2.52. The molecule has 1 aliphatic carbocycles. The van der Waals surface area contributed by atoms with Gasteiger partial charge in [-0.3, -0.25) is 9.78 Å². The standard InChI is InChI=1S/C29H29F3N8O4/c1-27(2,42)22(30)14-35-24(41)18-13-34-20(21-4-3-17-9-16(11-33)12-36-40(17)21)10-19(18)37-28-5-7-29(8-6-28,43-15-28)26-39-38-25(44-26)23(31)32/h3-4,9-10,12-13,22-23,42H,5-8,14-15H2,1-2H3,(H,34,37)(H,35,41). The number of hydrogen-bond acceptors (Lipinski definition) is 10. The van der Waals surface area contributed by atoms with Crippen molar-refractivity contribution in [2.45, 2.75) is 68.9 Å². The van der Waals surface area contributed by atoms with E-state index in [0.29, 0.717) is 53.8 Å². The number of alkyl halides is 3. The van der Waals surface area contributed by atoms with Crippen LogP contribution in [0.5, 0.6) is 0 Å². The minimum Gasteiger partial charge on any atom is -0.417 e. The highest BCUT2D eigenvalue weighted by molar-refractivity contribution is 6.00. The van der Waals surface area contributed by atoms with Crippen LogP contribution in [-0.2, 0) is 10.3 Å². The SMILES string of the molecule is CC(C)(O)C(F)CNC(=O)c1cnc(-c2ccc3cc(C#N)cnn23)cc1NC12CCC(c3nnc(C(F)F)o3)(CC1)OC2. The second-order valence-electron chi connectivity index (χ2n) is 11.8. The Bertz CT molecular complexity index is 1730. The molecule has 0 aromatic carbocycles. The van der Waals surface area contributed by atoms with Crippen molar-refractivity contribution in [2.75, 3.05) is 18.5 Å². The van der Waals surface area contributed by atoms with Gasteiger partial charge in [0.15, 0.2) is 0 Å². The molecule has 4 aromatic rings. The molecule has 4 aromatic heterocycles. The summed E-state index contributed by atoms with van der Waals surface area (Å²) >= 11 is 0. The van der Waals surface area contributed by atoms with Gasteiger partial charge in [-0.2, -0.15) is 19.1 Å². The van der Waals surface area contributed by atoms with Crippen LogP contribution in [0.2, 0.25) is 0 Å². The van der Waals surface area contributed by atoms with Crippen molar-refractivity contribution in [3.63, 3.8) is 0 Å². The first kappa shape index (κ1) is 29.5. The molecular formula is C29H29F3N8O4. The Balaban J connectivity index is 1.30. The van der Waals surface area contributed by atoms with Crippen LogP contribution < -0.4 is 10.6 Å². The van der Waals surface area contributed by atoms with E-state index in [1.54, 1.807) is 28.8 Å². The molecule has 1 saturated carbocycles. The van der Waals surface area contributed by atoms with Gasteiger partial charge in [-0.25, -0.2) is 8.91 Å². The Morgan fingerprint density at radius 1 is 1.18 bits per heavy atom. The van der Waals surface area contributed by atoms with E-state index >= 15 is 0 Å². The Hall–Kier alpha value is -4.55. The molecule has 1 atom stereocenters. The first-order valence-electron chi connectivity index (χ1n) is 14.0. The van der Waals surface area contributed by atoms with Crippen molar-refractivity contribution in [2.24, 2.45) is 0 Å². The zero-order chi connectivity index (χ0) is 31.3. The Kier molecular flexibility index (Phi) is 7.29. The third-order valence-electron chi connectivity index (χ3n) is 8.31. The molecule has 7 rings (SSSR count). The average Bonchev–Trinajstić information content (AvgIpc) is 3.68. The van der Waals surface area contributed by atoms with Crippen LogP contribution in [0.25, 0.3) is 16.9 Å². The van der Waals surface area contributed by atoms with E-state index in [1.807, 2.05) is 0 Å². The van der Waals surface area contributed by atoms with Crippen LogP contribution in [-0.4, -0.2) is 66.3 Å². The number of ether oxygens (including phenoxy) is 1. The smallest absolute Gasteiger partial charge is 0.314 e. The Morgan fingerprint density at radius 3 is 2.59 bits per heavy atom. The molecule has 1 amide bonds. The highest BCUT2D eigenvalue weighted by atomic mass is 19.3. The predicted octanol–water partition coefficient (Wildman–Crippen LogP) is 4.08. The third kappa shape index (κ3) is 5.35. The van der Waals surface area contributed by atoms with Gasteiger partial charge in [-0.05, 0) is 63.8 Å². The van der Waals surface area contributed by atoms with E-state index in [2.05, 4.69) is 37.0 Å². The highest BCUT2D eigenvalue weighted by Crippen LogP contribution is 2.50. The summed E-state index contributed by atoms with van der Waals surface area (Å²) in [5.41, 5.74) is -0.530. The molecule has 0 spiro atoms. The number of nitrogens with zero attached hydrogens (tertiary/aromatic N) is 6. The molecular weight excluding hydrogens is 581 g/mol. The summed E-state index contributed by atoms with van der Waals surface area (Å²) in [6.45, 7) is 2.38. The monoisotopic (exact) mass is 610 g/mol. The van der Waals surface area contributed by atoms with E-state index in [0.717, 1.165) is 0 Å². The number of aromatic nitrogens is 5. The first-order valence-corrected chi connectivity index (χ1v) is 14.0. The minimum absolute atomic E-state index is 0.0205. The van der Waals surface area contributed by atoms with E-state index in [-0.39, 0.29) is 18.1 Å². The van der Waals surface area contributed by atoms with Gasteiger partial charge >= 0.3 is 6.43 Å². The number of rotatable bonds is 9. The van der Waals surface area contributed by atoms with Crippen LogP contribution >= 0.6 is 0 Å². The maximum atomic E-state index is 14.5. The number of nitrogens with one attached hydrogen (secondary N) is 2. The fourth-order valence-electron chi connectivity index (χ4n) is 5.59. The number of amides is 1. The van der Waals surface area contributed by atoms with Crippen LogP contribution in [0.4, 0.5) is 18.9 Å². The normalized spacial score (nSPS) is 22.2. The van der Waals surface area contributed by atoms with Gasteiger partial charge in [-0.1, -0.05) is 0 Å². The van der Waals surface area contributed by atoms with Gasteiger partial charge in [0.1, 0.15) is 17.8 Å². The van der Waals surface area contributed by atoms with Crippen LogP contribution in [0.1, 0.15) is 73.7 Å². The van der Waals surface area contributed by atoms with E-state index in [4.69, 9.17) is 9.15 Å². The van der Waals surface area contributed by atoms with Crippen molar-refractivity contribution in [3.8, 4) is 17.5 Å². The van der Waals surface area contributed by atoms with Crippen molar-refractivity contribution in [1.29, 1.82) is 5.26 Å². The molecule has 3 aliphatic rings. The molecule has 3 fully saturated rings. The number of halogens is 3. The number of nitriles is 1. The summed E-state index contributed by atoms with van der Waals surface area (Å²) in [5, 5.41) is 36.8. The molecule has 15 heteroatoms. The Labute approximate surface area is 249 Å². The summed E-state index contributed by atoms with van der Waals surface area (Å²) in [6, 6.07) is 9.03. The van der Waals surface area contributed by atoms with Crippen LogP contribution in [0, 0.1) is 11.3 Å². The molecule has 2 saturated heterocycles. The molecule has 1 unspecified atom stereocenters. The van der Waals surface area contributed by atoms with Gasteiger partial charge in [0.05, 0.1) is 64.2 Å². The zero-order valence-corrected chi connectivity index (χ0v) is 23.9. The summed E-state index contributed by atoms with van der Waals surface area (Å²) in [4.78, 5) is 17.8. The number of pyridine rings is 1. The highest BCUT2D eigenvalue weighted by Gasteiger charge is 2.54. The van der Waals surface area contributed by atoms with Gasteiger partial charge < -0.3 is 24.9 Å². The quantitative estimate of drug-likeness (QED) is 0.252. The summed E-state index contributed by atoms with van der Waals surface area (Å²) < 4.78 is 53.6. The molecule has 12 nitrogen and oxygen atoms in total. The lowest BCUT2D eigenvalue weighted by atomic mass is 9.71. The lowest BCUT2D eigenvalue weighted by Crippen LogP contribution is -2.57. The molecule has 6 heterocycles. The maximum absolute atomic E-state index is 14.5. The van der Waals surface area contributed by atoms with Gasteiger partial charge in [0.25, 0.3) is 11.8 Å². The lowest BCUT2D eigenvalue weighted by molar-refractivity contribution is -0.166. The number of hydrogen-bond donors (Lipinski definition) is 3. The predicted molar refractivity (Wildman–Crippen MR) is 148 cm³/mol. The number of carbonyl (C=O) groups excluding carboxylic acids is 1. The van der Waals surface area contributed by atoms with Crippen molar-refractivity contribution in [3.05, 3.63) is 59.6 Å². The van der Waals surface area contributed by atoms with E-state index in [9.17, 15) is 28.3 Å². The summed E-state index contributed by atoms with van der Waals surface area (Å²) in [6.07, 6.45) is 0.120. The molecule has 3 N–H and O–H groups in total. The van der Waals surface area contributed by atoms with Gasteiger partial charge in [-0.15, -0.1) is 10.2 Å². The first-order chi connectivity index (χ1) is 20.9. The second kappa shape index (κ2) is 10.9. The van der Waals surface area contributed by atoms with Crippen molar-refractivity contribution >= 4 is 17.1 Å². The molecule has 0 radical (unpaired) electrons. The Morgan fingerprint density at radius 2 is 1.95 bits per heavy atom. The van der Waals surface area contributed by atoms with Crippen molar-refractivity contribution in [1.82, 2.24) is 30.1 Å². The number of fused-ring (bicyclic) bond motifs is 4. The molecule has 44 heavy (non-hydrogen) atoms. The van der Waals surface area contributed by atoms with Gasteiger partial charge in [0, 0.05) is 6.20 Å². The van der Waals surface area contributed by atoms with E-state index in [1.165, 1.54) is 26.2 Å². The van der Waals surface area contributed by atoms with E-state index < -0.39 is 47.7 Å². The van der Waals surface area contributed by atoms with Gasteiger partial charge in [0.2, 0.25) is 5.89 Å². The summed E-state index contributed by atoms with van der Waals surface area (Å²) in [5.74, 6) is -1.33. The molecule has 2 aliphatic heterocycles. The third-order valence-corrected chi connectivity index (χ3v) is 8.31. The second-order valence-corrected chi connectivity index (χ2v) is 11.8. The van der Waals surface area contributed by atoms with Crippen LogP contribution in [0.3, 0.4) is 0 Å². The fraction of sp³-hybridized carbons (Fsp3) is 0.448. The number of aliphatic hydroxyl groups is 1. The van der Waals surface area contributed by atoms with Crippen LogP contribution in [0.15, 0.2) is 41.1 Å². The summed E-state index contributed by atoms with van der Waals surface area (Å²) in [7, 11) is 0. The number of carbonyl (C=O) groups is 1.